The van der Waals surface area contributed by atoms with Gasteiger partial charge >= 0.3 is 6.18 Å². The number of alkyl halides is 3. The number of ether oxygens (including phenoxy) is 1. The van der Waals surface area contributed by atoms with Crippen LogP contribution in [0.1, 0.15) is 53.0 Å². The summed E-state index contributed by atoms with van der Waals surface area (Å²) in [5, 5.41) is 0. The molecular formula is C32H39F3N2O3S. The van der Waals surface area contributed by atoms with E-state index in [2.05, 4.69) is 29.2 Å². The van der Waals surface area contributed by atoms with Gasteiger partial charge in [0.1, 0.15) is 0 Å². The second-order valence-electron chi connectivity index (χ2n) is 10.8. The van der Waals surface area contributed by atoms with Crippen LogP contribution in [0.2, 0.25) is 0 Å². The number of nitrogens with zero attached hydrogens (tertiary/aromatic N) is 2. The summed E-state index contributed by atoms with van der Waals surface area (Å²) < 4.78 is 72.5. The second kappa shape index (κ2) is 14.0. The van der Waals surface area contributed by atoms with Gasteiger partial charge in [-0.25, -0.2) is 8.42 Å². The molecule has 4 rings (SSSR count). The van der Waals surface area contributed by atoms with Crippen molar-refractivity contribution in [2.45, 2.75) is 50.9 Å². The molecule has 1 aliphatic heterocycles. The van der Waals surface area contributed by atoms with E-state index in [1.54, 1.807) is 13.0 Å². The average Bonchev–Trinajstić information content (AvgIpc) is 2.95. The van der Waals surface area contributed by atoms with Crippen LogP contribution in [-0.2, 0) is 27.5 Å². The monoisotopic (exact) mass is 588 g/mol. The molecule has 0 spiro atoms. The van der Waals surface area contributed by atoms with Crippen LogP contribution in [0.4, 0.5) is 13.2 Å². The highest BCUT2D eigenvalue weighted by atomic mass is 32.2. The Morgan fingerprint density at radius 1 is 0.976 bits per heavy atom. The number of piperidine rings is 1. The molecule has 222 valence electrons. The topological polar surface area (TPSA) is 49.9 Å². The molecule has 3 aromatic rings. The highest BCUT2D eigenvalue weighted by Gasteiger charge is 2.33. The zero-order valence-electron chi connectivity index (χ0n) is 23.7. The first-order valence-corrected chi connectivity index (χ1v) is 15.9. The number of hydrogen-bond donors (Lipinski definition) is 0. The first-order valence-electron chi connectivity index (χ1n) is 14.1. The van der Waals surface area contributed by atoms with E-state index in [1.165, 1.54) is 16.6 Å². The predicted octanol–water partition coefficient (Wildman–Crippen LogP) is 6.48. The summed E-state index contributed by atoms with van der Waals surface area (Å²) in [4.78, 5) is 2.21. The van der Waals surface area contributed by atoms with Crippen molar-refractivity contribution in [2.24, 2.45) is 0 Å². The summed E-state index contributed by atoms with van der Waals surface area (Å²) in [6.07, 6.45) is -1.10. The molecule has 1 saturated heterocycles. The van der Waals surface area contributed by atoms with E-state index in [0.717, 1.165) is 30.0 Å². The molecule has 0 aromatic heterocycles. The maximum atomic E-state index is 13.7. The van der Waals surface area contributed by atoms with Crippen molar-refractivity contribution < 1.29 is 26.3 Å². The normalized spacial score (nSPS) is 16.9. The fourth-order valence-corrected chi connectivity index (χ4v) is 6.45. The fraction of sp³-hybridized carbons (Fsp3) is 0.438. The van der Waals surface area contributed by atoms with E-state index in [0.29, 0.717) is 51.3 Å². The highest BCUT2D eigenvalue weighted by Crippen LogP contribution is 2.34. The van der Waals surface area contributed by atoms with Crippen molar-refractivity contribution in [3.8, 4) is 0 Å². The zero-order valence-corrected chi connectivity index (χ0v) is 24.5. The van der Waals surface area contributed by atoms with E-state index in [9.17, 15) is 21.6 Å². The molecule has 1 fully saturated rings. The van der Waals surface area contributed by atoms with Gasteiger partial charge in [0, 0.05) is 45.2 Å². The number of rotatable bonds is 12. The third kappa shape index (κ3) is 8.88. The Balaban J connectivity index is 1.51. The molecule has 0 N–H and O–H groups in total. The lowest BCUT2D eigenvalue weighted by atomic mass is 9.90. The zero-order chi connectivity index (χ0) is 29.5. The summed E-state index contributed by atoms with van der Waals surface area (Å²) in [5.74, 6) is 0.0334. The molecule has 9 heteroatoms. The van der Waals surface area contributed by atoms with Crippen molar-refractivity contribution in [3.05, 3.63) is 107 Å². The molecule has 0 radical (unpaired) electrons. The molecule has 1 heterocycles. The van der Waals surface area contributed by atoms with Crippen LogP contribution in [0.15, 0.2) is 78.9 Å². The van der Waals surface area contributed by atoms with Crippen LogP contribution >= 0.6 is 0 Å². The van der Waals surface area contributed by atoms with Crippen molar-refractivity contribution >= 4 is 10.0 Å². The number of benzene rings is 3. The molecule has 1 unspecified atom stereocenters. The Bertz CT molecular complexity index is 1310. The Hall–Kier alpha value is -2.72. The molecule has 0 bridgehead atoms. The van der Waals surface area contributed by atoms with Gasteiger partial charge in [0.05, 0.1) is 17.9 Å². The van der Waals surface area contributed by atoms with Crippen molar-refractivity contribution in [1.82, 2.24) is 9.21 Å². The number of sulfonamides is 1. The van der Waals surface area contributed by atoms with Gasteiger partial charge in [0.15, 0.2) is 0 Å². The fourth-order valence-electron chi connectivity index (χ4n) is 5.55. The molecule has 41 heavy (non-hydrogen) atoms. The highest BCUT2D eigenvalue weighted by molar-refractivity contribution is 7.88. The lowest BCUT2D eigenvalue weighted by Crippen LogP contribution is -2.42. The van der Waals surface area contributed by atoms with Crippen molar-refractivity contribution in [1.29, 1.82) is 0 Å². The van der Waals surface area contributed by atoms with Crippen LogP contribution in [-0.4, -0.2) is 62.8 Å². The molecular weight excluding hydrogens is 549 g/mol. The standard InChI is InChI=1S/C32H39F3N2O3S/c1-25-28(16-9-18-31(25)32(33,34)35)22-36(19-11-21-40-29-17-10-20-37(23-29)41(2,38)39)24-30(26-12-5-3-6-13-26)27-14-7-4-8-15-27/h3-9,12-16,18,29-30H,10-11,17,19-24H2,1-2H3. The maximum Gasteiger partial charge on any atom is 0.416 e. The van der Waals surface area contributed by atoms with E-state index in [-0.39, 0.29) is 17.6 Å². The van der Waals surface area contributed by atoms with E-state index < -0.39 is 21.8 Å². The first-order chi connectivity index (χ1) is 19.5. The minimum Gasteiger partial charge on any atom is -0.377 e. The van der Waals surface area contributed by atoms with Crippen molar-refractivity contribution in [3.63, 3.8) is 0 Å². The minimum atomic E-state index is -4.41. The van der Waals surface area contributed by atoms with Gasteiger partial charge in [-0.1, -0.05) is 72.8 Å². The summed E-state index contributed by atoms with van der Waals surface area (Å²) in [6, 6.07) is 24.7. The van der Waals surface area contributed by atoms with Gasteiger partial charge < -0.3 is 4.74 Å². The molecule has 0 amide bonds. The van der Waals surface area contributed by atoms with Crippen LogP contribution in [0, 0.1) is 6.92 Å². The number of hydrogen-bond acceptors (Lipinski definition) is 4. The van der Waals surface area contributed by atoms with Gasteiger partial charge in [-0.15, -0.1) is 0 Å². The SMILES string of the molecule is Cc1c(CN(CCCOC2CCCN(S(C)(=O)=O)C2)CC(c2ccccc2)c2ccccc2)cccc1C(F)(F)F. The predicted molar refractivity (Wildman–Crippen MR) is 156 cm³/mol. The van der Waals surface area contributed by atoms with Gasteiger partial charge in [-0.3, -0.25) is 4.90 Å². The molecule has 0 saturated carbocycles. The summed E-state index contributed by atoms with van der Waals surface area (Å²) in [6.45, 7) is 4.48. The Labute approximate surface area is 242 Å². The third-order valence-corrected chi connectivity index (χ3v) is 9.04. The molecule has 1 atom stereocenters. The number of halogens is 3. The van der Waals surface area contributed by atoms with Crippen LogP contribution in [0.5, 0.6) is 0 Å². The van der Waals surface area contributed by atoms with Crippen LogP contribution < -0.4 is 0 Å². The average molecular weight is 589 g/mol. The van der Waals surface area contributed by atoms with E-state index in [4.69, 9.17) is 4.74 Å². The van der Waals surface area contributed by atoms with Crippen molar-refractivity contribution in [2.75, 3.05) is 39.0 Å². The first kappa shape index (κ1) is 31.2. The Morgan fingerprint density at radius 2 is 1.61 bits per heavy atom. The Morgan fingerprint density at radius 3 is 2.20 bits per heavy atom. The summed E-state index contributed by atoms with van der Waals surface area (Å²) in [7, 11) is -3.26. The summed E-state index contributed by atoms with van der Waals surface area (Å²) >= 11 is 0. The third-order valence-electron chi connectivity index (χ3n) is 7.77. The van der Waals surface area contributed by atoms with Gasteiger partial charge in [-0.05, 0) is 54.5 Å². The minimum absolute atomic E-state index is 0.0334. The maximum absolute atomic E-state index is 13.7. The second-order valence-corrected chi connectivity index (χ2v) is 12.8. The quantitative estimate of drug-likeness (QED) is 0.227. The van der Waals surface area contributed by atoms with Crippen LogP contribution in [0.25, 0.3) is 0 Å². The largest absolute Gasteiger partial charge is 0.416 e. The van der Waals surface area contributed by atoms with Crippen LogP contribution in [0.3, 0.4) is 0 Å². The molecule has 3 aromatic carbocycles. The van der Waals surface area contributed by atoms with E-state index in [1.807, 2.05) is 36.4 Å². The van der Waals surface area contributed by atoms with E-state index >= 15 is 0 Å². The Kier molecular flexibility index (Phi) is 10.6. The molecule has 0 aliphatic carbocycles. The van der Waals surface area contributed by atoms with Gasteiger partial charge in [0.25, 0.3) is 0 Å². The molecule has 5 nitrogen and oxygen atoms in total. The lowest BCUT2D eigenvalue weighted by Gasteiger charge is -2.32. The molecule has 1 aliphatic rings. The van der Waals surface area contributed by atoms with Gasteiger partial charge in [0.2, 0.25) is 10.0 Å². The lowest BCUT2D eigenvalue weighted by molar-refractivity contribution is -0.138. The van der Waals surface area contributed by atoms with Gasteiger partial charge in [-0.2, -0.15) is 17.5 Å². The smallest absolute Gasteiger partial charge is 0.377 e. The summed E-state index contributed by atoms with van der Waals surface area (Å²) in [5.41, 5.74) is 2.58.